The normalized spacial score (nSPS) is 12.2. The number of ether oxygens (including phenoxy) is 2. The Bertz CT molecular complexity index is 985. The standard InChI is InChI=1S/C21H24N4O3.CH2O2/c1-4-27-21(26)25-9-8-18-17(12-25)19(16(11-22)20(23)24-18)14-6-5-7-15(10-14)28-13(2)3;2-1-3/h5-7,10,13H,4,8-9,12H2,1-3H3,(H2,23,24);1H,(H,2,3). The predicted octanol–water partition coefficient (Wildman–Crippen LogP) is 3.21. The molecule has 0 fully saturated rings. The lowest BCUT2D eigenvalue weighted by molar-refractivity contribution is -0.122. The van der Waals surface area contributed by atoms with Crippen LogP contribution in [0.15, 0.2) is 24.3 Å². The van der Waals surface area contributed by atoms with Gasteiger partial charge in [-0.15, -0.1) is 0 Å². The molecule has 0 bridgehead atoms. The number of carbonyl (C=O) groups is 2. The molecule has 1 aliphatic rings. The van der Waals surface area contributed by atoms with Crippen LogP contribution in [0.5, 0.6) is 5.75 Å². The second-order valence-corrected chi connectivity index (χ2v) is 6.95. The molecule has 1 aliphatic heterocycles. The van der Waals surface area contributed by atoms with Crippen LogP contribution >= 0.6 is 0 Å². The summed E-state index contributed by atoms with van der Waals surface area (Å²) in [7, 11) is 0. The van der Waals surface area contributed by atoms with Gasteiger partial charge in [-0.2, -0.15) is 5.26 Å². The van der Waals surface area contributed by atoms with Gasteiger partial charge in [0.15, 0.2) is 0 Å². The quantitative estimate of drug-likeness (QED) is 0.711. The van der Waals surface area contributed by atoms with E-state index in [9.17, 15) is 10.1 Å². The second kappa shape index (κ2) is 10.8. The van der Waals surface area contributed by atoms with Crippen molar-refractivity contribution in [3.05, 3.63) is 41.1 Å². The van der Waals surface area contributed by atoms with Crippen LogP contribution in [0.4, 0.5) is 10.6 Å². The van der Waals surface area contributed by atoms with Crippen molar-refractivity contribution < 1.29 is 24.2 Å². The Morgan fingerprint density at radius 3 is 2.77 bits per heavy atom. The van der Waals surface area contributed by atoms with E-state index in [1.54, 1.807) is 11.8 Å². The van der Waals surface area contributed by atoms with Crippen molar-refractivity contribution in [3.63, 3.8) is 0 Å². The molecule has 3 rings (SSSR count). The highest BCUT2D eigenvalue weighted by Gasteiger charge is 2.28. The third-order valence-corrected chi connectivity index (χ3v) is 4.51. The van der Waals surface area contributed by atoms with Gasteiger partial charge in [-0.3, -0.25) is 4.79 Å². The molecule has 0 radical (unpaired) electrons. The van der Waals surface area contributed by atoms with E-state index >= 15 is 0 Å². The first-order valence-electron chi connectivity index (χ1n) is 9.84. The highest BCUT2D eigenvalue weighted by molar-refractivity contribution is 5.80. The molecule has 0 saturated heterocycles. The minimum Gasteiger partial charge on any atom is -0.491 e. The molecule has 2 aromatic rings. The van der Waals surface area contributed by atoms with Gasteiger partial charge in [0.2, 0.25) is 0 Å². The molecule has 9 heteroatoms. The summed E-state index contributed by atoms with van der Waals surface area (Å²) in [5, 5.41) is 16.6. The molecule has 1 aromatic carbocycles. The number of fused-ring (bicyclic) bond motifs is 1. The van der Waals surface area contributed by atoms with Gasteiger partial charge in [0.25, 0.3) is 6.47 Å². The van der Waals surface area contributed by atoms with Gasteiger partial charge in [0, 0.05) is 24.1 Å². The number of nitrogens with two attached hydrogens (primary N) is 1. The van der Waals surface area contributed by atoms with E-state index in [4.69, 9.17) is 25.1 Å². The lowest BCUT2D eigenvalue weighted by Crippen LogP contribution is -2.37. The number of carbonyl (C=O) groups excluding carboxylic acids is 1. The van der Waals surface area contributed by atoms with Crippen LogP contribution in [0.1, 0.15) is 37.6 Å². The van der Waals surface area contributed by atoms with Crippen LogP contribution in [0.2, 0.25) is 0 Å². The van der Waals surface area contributed by atoms with Crippen LogP contribution in [0.25, 0.3) is 11.1 Å². The Kier molecular flexibility index (Phi) is 8.20. The zero-order chi connectivity index (χ0) is 23.0. The highest BCUT2D eigenvalue weighted by Crippen LogP contribution is 2.36. The molecule has 0 atom stereocenters. The molecule has 1 amide bonds. The van der Waals surface area contributed by atoms with E-state index in [-0.39, 0.29) is 24.5 Å². The summed E-state index contributed by atoms with van der Waals surface area (Å²) in [5.74, 6) is 0.912. The van der Waals surface area contributed by atoms with Crippen molar-refractivity contribution in [1.29, 1.82) is 5.26 Å². The Labute approximate surface area is 181 Å². The Balaban J connectivity index is 0.00000107. The first-order chi connectivity index (χ1) is 14.9. The zero-order valence-corrected chi connectivity index (χ0v) is 17.8. The van der Waals surface area contributed by atoms with E-state index in [2.05, 4.69) is 11.1 Å². The van der Waals surface area contributed by atoms with Crippen molar-refractivity contribution in [2.45, 2.75) is 39.8 Å². The van der Waals surface area contributed by atoms with E-state index in [0.29, 0.717) is 43.0 Å². The molecule has 31 heavy (non-hydrogen) atoms. The summed E-state index contributed by atoms with van der Waals surface area (Å²) in [6.07, 6.45) is 0.215. The first-order valence-corrected chi connectivity index (χ1v) is 9.84. The Morgan fingerprint density at radius 2 is 2.16 bits per heavy atom. The van der Waals surface area contributed by atoms with Gasteiger partial charge >= 0.3 is 6.09 Å². The third kappa shape index (κ3) is 5.63. The predicted molar refractivity (Wildman–Crippen MR) is 114 cm³/mol. The second-order valence-electron chi connectivity index (χ2n) is 6.95. The van der Waals surface area contributed by atoms with Crippen LogP contribution in [0.3, 0.4) is 0 Å². The van der Waals surface area contributed by atoms with Crippen molar-refractivity contribution in [2.75, 3.05) is 18.9 Å². The number of hydrogen-bond donors (Lipinski definition) is 2. The van der Waals surface area contributed by atoms with Gasteiger partial charge < -0.3 is 25.2 Å². The minimum atomic E-state index is -0.369. The van der Waals surface area contributed by atoms with E-state index in [1.807, 2.05) is 38.1 Å². The van der Waals surface area contributed by atoms with E-state index in [1.165, 1.54) is 0 Å². The largest absolute Gasteiger partial charge is 0.491 e. The smallest absolute Gasteiger partial charge is 0.410 e. The summed E-state index contributed by atoms with van der Waals surface area (Å²) in [5.41, 5.74) is 9.54. The van der Waals surface area contributed by atoms with Gasteiger partial charge in [0.1, 0.15) is 23.2 Å². The molecular weight excluding hydrogens is 400 g/mol. The topological polar surface area (TPSA) is 139 Å². The fourth-order valence-corrected chi connectivity index (χ4v) is 3.38. The maximum absolute atomic E-state index is 12.2. The molecule has 0 saturated carbocycles. The number of anilines is 1. The van der Waals surface area contributed by atoms with Gasteiger partial charge in [-0.1, -0.05) is 12.1 Å². The summed E-state index contributed by atoms with van der Waals surface area (Å²) in [4.78, 5) is 26.6. The van der Waals surface area contributed by atoms with Crippen molar-refractivity contribution in [3.8, 4) is 22.9 Å². The number of nitriles is 1. The number of nitrogen functional groups attached to an aromatic ring is 1. The number of benzene rings is 1. The SMILES string of the molecule is CCOC(=O)N1CCc2nc(N)c(C#N)c(-c3cccc(OC(C)C)c3)c2C1.O=CO. The van der Waals surface area contributed by atoms with Crippen LogP contribution in [0, 0.1) is 11.3 Å². The average Bonchev–Trinajstić information content (AvgIpc) is 2.73. The van der Waals surface area contributed by atoms with Crippen LogP contribution < -0.4 is 10.5 Å². The maximum Gasteiger partial charge on any atom is 0.410 e. The first kappa shape index (κ1) is 23.5. The van der Waals surface area contributed by atoms with Gasteiger partial charge in [-0.25, -0.2) is 9.78 Å². The molecule has 0 aliphatic carbocycles. The number of pyridine rings is 1. The van der Waals surface area contributed by atoms with Crippen LogP contribution in [-0.2, 0) is 22.5 Å². The van der Waals surface area contributed by atoms with Gasteiger partial charge in [-0.05, 0) is 38.5 Å². The fourth-order valence-electron chi connectivity index (χ4n) is 3.38. The molecule has 9 nitrogen and oxygen atoms in total. The number of amides is 1. The number of rotatable bonds is 4. The van der Waals surface area contributed by atoms with Crippen molar-refractivity contribution in [1.82, 2.24) is 9.88 Å². The molecule has 1 aromatic heterocycles. The Hall–Kier alpha value is -3.80. The molecule has 0 unspecified atom stereocenters. The molecule has 164 valence electrons. The summed E-state index contributed by atoms with van der Waals surface area (Å²) >= 11 is 0. The third-order valence-electron chi connectivity index (χ3n) is 4.51. The van der Waals surface area contributed by atoms with Crippen molar-refractivity contribution in [2.24, 2.45) is 0 Å². The molecule has 2 heterocycles. The number of hydrogen-bond acceptors (Lipinski definition) is 7. The number of aromatic nitrogens is 1. The minimum absolute atomic E-state index is 0.0291. The average molecular weight is 426 g/mol. The number of nitrogens with zero attached hydrogens (tertiary/aromatic N) is 3. The lowest BCUT2D eigenvalue weighted by Gasteiger charge is -2.30. The fraction of sp³-hybridized carbons (Fsp3) is 0.364. The van der Waals surface area contributed by atoms with Crippen LogP contribution in [-0.4, -0.2) is 46.8 Å². The highest BCUT2D eigenvalue weighted by atomic mass is 16.6. The number of carboxylic acid groups (broad SMARTS) is 1. The zero-order valence-electron chi connectivity index (χ0n) is 17.8. The van der Waals surface area contributed by atoms with Crippen molar-refractivity contribution >= 4 is 18.4 Å². The van der Waals surface area contributed by atoms with Gasteiger partial charge in [0.05, 0.1) is 24.9 Å². The molecular formula is C22H26N4O5. The summed E-state index contributed by atoms with van der Waals surface area (Å²) in [6, 6.07) is 9.73. The molecule has 3 N–H and O–H groups in total. The monoisotopic (exact) mass is 426 g/mol. The molecule has 0 spiro atoms. The summed E-state index contributed by atoms with van der Waals surface area (Å²) < 4.78 is 10.9. The van der Waals surface area contributed by atoms with E-state index in [0.717, 1.165) is 16.8 Å². The summed E-state index contributed by atoms with van der Waals surface area (Å²) in [6.45, 7) is 6.57. The van der Waals surface area contributed by atoms with E-state index < -0.39 is 0 Å². The Morgan fingerprint density at radius 1 is 1.45 bits per heavy atom. The maximum atomic E-state index is 12.2. The lowest BCUT2D eigenvalue weighted by atomic mass is 9.91.